The van der Waals surface area contributed by atoms with Gasteiger partial charge in [0.2, 0.25) is 12.7 Å². The number of hydrogen-bond acceptors (Lipinski definition) is 7. The van der Waals surface area contributed by atoms with Gasteiger partial charge in [0.1, 0.15) is 5.82 Å². The highest BCUT2D eigenvalue weighted by Crippen LogP contribution is 2.35. The molecule has 2 aliphatic heterocycles. The molecular weight excluding hydrogens is 308 g/mol. The van der Waals surface area contributed by atoms with Crippen LogP contribution in [0.3, 0.4) is 0 Å². The second-order valence-corrected chi connectivity index (χ2v) is 6.06. The molecule has 7 heteroatoms. The summed E-state index contributed by atoms with van der Waals surface area (Å²) < 4.78 is 10.7. The van der Waals surface area contributed by atoms with Crippen LogP contribution in [0.15, 0.2) is 24.3 Å². The van der Waals surface area contributed by atoms with E-state index in [0.717, 1.165) is 48.1 Å². The van der Waals surface area contributed by atoms with Gasteiger partial charge in [0.25, 0.3) is 0 Å². The number of ether oxygens (including phenoxy) is 2. The fraction of sp³-hybridized carbons (Fsp3) is 0.412. The highest BCUT2D eigenvalue weighted by molar-refractivity contribution is 5.62. The molecule has 1 aromatic heterocycles. The summed E-state index contributed by atoms with van der Waals surface area (Å²) in [4.78, 5) is 11.2. The zero-order chi connectivity index (χ0) is 16.5. The molecule has 0 saturated carbocycles. The minimum Gasteiger partial charge on any atom is -0.454 e. The number of fused-ring (bicyclic) bond motifs is 1. The molecule has 126 valence electrons. The van der Waals surface area contributed by atoms with Crippen LogP contribution in [0.5, 0.6) is 11.5 Å². The first-order valence-electron chi connectivity index (χ1n) is 8.13. The highest BCUT2D eigenvalue weighted by atomic mass is 16.7. The number of aromatic nitrogens is 2. The van der Waals surface area contributed by atoms with Crippen molar-refractivity contribution in [2.45, 2.75) is 25.8 Å². The monoisotopic (exact) mass is 328 g/mol. The third-order valence-electron chi connectivity index (χ3n) is 4.33. The van der Waals surface area contributed by atoms with E-state index in [1.165, 1.54) is 0 Å². The van der Waals surface area contributed by atoms with Gasteiger partial charge < -0.3 is 24.8 Å². The van der Waals surface area contributed by atoms with Gasteiger partial charge in [-0.2, -0.15) is 4.98 Å². The number of nitrogens with one attached hydrogen (secondary N) is 1. The summed E-state index contributed by atoms with van der Waals surface area (Å²) in [5.41, 5.74) is 1.76. The van der Waals surface area contributed by atoms with Crippen LogP contribution in [0.2, 0.25) is 0 Å². The van der Waals surface area contributed by atoms with E-state index >= 15 is 0 Å². The Morgan fingerprint density at radius 3 is 3.00 bits per heavy atom. The molecule has 1 fully saturated rings. The number of aliphatic hydroxyl groups excluding tert-OH is 1. The second kappa shape index (κ2) is 6.16. The molecule has 0 aliphatic carbocycles. The Kier molecular flexibility index (Phi) is 3.86. The van der Waals surface area contributed by atoms with E-state index in [9.17, 15) is 5.11 Å². The molecule has 4 rings (SSSR count). The van der Waals surface area contributed by atoms with E-state index in [1.807, 2.05) is 31.2 Å². The van der Waals surface area contributed by atoms with Crippen LogP contribution in [-0.2, 0) is 0 Å². The molecule has 24 heavy (non-hydrogen) atoms. The lowest BCUT2D eigenvalue weighted by Gasteiger charge is -2.23. The van der Waals surface area contributed by atoms with Crippen LogP contribution in [0.4, 0.5) is 17.5 Å². The van der Waals surface area contributed by atoms with Crippen molar-refractivity contribution in [2.75, 3.05) is 30.2 Å². The SMILES string of the molecule is Cc1cc(Nc2ccc3c(c2)OCO3)nc(N2CCCC2CO)n1. The van der Waals surface area contributed by atoms with Gasteiger partial charge in [0.05, 0.1) is 12.6 Å². The van der Waals surface area contributed by atoms with Crippen molar-refractivity contribution in [3.05, 3.63) is 30.0 Å². The Balaban J connectivity index is 1.59. The van der Waals surface area contributed by atoms with E-state index in [2.05, 4.69) is 20.2 Å². The van der Waals surface area contributed by atoms with Crippen LogP contribution in [0.25, 0.3) is 0 Å². The van der Waals surface area contributed by atoms with Gasteiger partial charge in [-0.15, -0.1) is 0 Å². The van der Waals surface area contributed by atoms with Crippen molar-refractivity contribution in [3.63, 3.8) is 0 Å². The first-order chi connectivity index (χ1) is 11.7. The second-order valence-electron chi connectivity index (χ2n) is 6.06. The minimum atomic E-state index is 0.102. The molecule has 3 heterocycles. The maximum atomic E-state index is 9.52. The van der Waals surface area contributed by atoms with Crippen molar-refractivity contribution in [1.29, 1.82) is 0 Å². The van der Waals surface area contributed by atoms with Gasteiger partial charge in [-0.05, 0) is 31.9 Å². The molecule has 1 aromatic carbocycles. The highest BCUT2D eigenvalue weighted by Gasteiger charge is 2.26. The normalized spacial score (nSPS) is 18.9. The smallest absolute Gasteiger partial charge is 0.231 e. The van der Waals surface area contributed by atoms with Gasteiger partial charge in [-0.1, -0.05) is 0 Å². The summed E-state index contributed by atoms with van der Waals surface area (Å²) in [6, 6.07) is 7.70. The molecular formula is C17H20N4O3. The zero-order valence-electron chi connectivity index (χ0n) is 13.5. The average Bonchev–Trinajstić information content (AvgIpc) is 3.22. The van der Waals surface area contributed by atoms with Crippen LogP contribution < -0.4 is 19.7 Å². The summed E-state index contributed by atoms with van der Waals surface area (Å²) in [6.45, 7) is 3.20. The predicted octanol–water partition coefficient (Wildman–Crippen LogP) is 2.22. The standard InChI is InChI=1S/C17H20N4O3/c1-11-7-16(19-12-4-5-14-15(8-12)24-10-23-14)20-17(18-11)21-6-2-3-13(21)9-22/h4-5,7-8,13,22H,2-3,6,9-10H2,1H3,(H,18,19,20). The first-order valence-corrected chi connectivity index (χ1v) is 8.13. The molecule has 7 nitrogen and oxygen atoms in total. The van der Waals surface area contributed by atoms with Crippen molar-refractivity contribution in [1.82, 2.24) is 9.97 Å². The molecule has 1 atom stereocenters. The topological polar surface area (TPSA) is 79.7 Å². The molecule has 2 N–H and O–H groups in total. The van der Waals surface area contributed by atoms with Crippen molar-refractivity contribution < 1.29 is 14.6 Å². The van der Waals surface area contributed by atoms with Gasteiger partial charge in [0.15, 0.2) is 11.5 Å². The number of anilines is 3. The number of nitrogens with zero attached hydrogens (tertiary/aromatic N) is 3. The Morgan fingerprint density at radius 1 is 1.25 bits per heavy atom. The lowest BCUT2D eigenvalue weighted by atomic mass is 10.2. The van der Waals surface area contributed by atoms with E-state index < -0.39 is 0 Å². The lowest BCUT2D eigenvalue weighted by molar-refractivity contribution is 0.174. The Morgan fingerprint density at radius 2 is 2.12 bits per heavy atom. The number of rotatable bonds is 4. The Labute approximate surface area is 140 Å². The molecule has 2 aliphatic rings. The van der Waals surface area contributed by atoms with E-state index in [4.69, 9.17) is 9.47 Å². The summed E-state index contributed by atoms with van der Waals surface area (Å²) in [5.74, 6) is 2.86. The van der Waals surface area contributed by atoms with Crippen LogP contribution in [-0.4, -0.2) is 41.1 Å². The van der Waals surface area contributed by atoms with Gasteiger partial charge >= 0.3 is 0 Å². The number of hydrogen-bond donors (Lipinski definition) is 2. The van der Waals surface area contributed by atoms with Gasteiger partial charge in [0, 0.05) is 30.1 Å². The van der Waals surface area contributed by atoms with Crippen LogP contribution in [0.1, 0.15) is 18.5 Å². The van der Waals surface area contributed by atoms with Crippen molar-refractivity contribution >= 4 is 17.5 Å². The third-order valence-corrected chi connectivity index (χ3v) is 4.33. The molecule has 2 aromatic rings. The van der Waals surface area contributed by atoms with Crippen molar-refractivity contribution in [3.8, 4) is 11.5 Å². The Hall–Kier alpha value is -2.54. The van der Waals surface area contributed by atoms with E-state index in [1.54, 1.807) is 0 Å². The van der Waals surface area contributed by atoms with Gasteiger partial charge in [-0.25, -0.2) is 4.98 Å². The summed E-state index contributed by atoms with van der Waals surface area (Å²) >= 11 is 0. The Bertz CT molecular complexity index is 753. The van der Waals surface area contributed by atoms with Crippen LogP contribution in [0, 0.1) is 6.92 Å². The van der Waals surface area contributed by atoms with E-state index in [-0.39, 0.29) is 19.4 Å². The van der Waals surface area contributed by atoms with Gasteiger partial charge in [-0.3, -0.25) is 0 Å². The molecule has 0 amide bonds. The fourth-order valence-corrected chi connectivity index (χ4v) is 3.16. The number of aryl methyl sites for hydroxylation is 1. The molecule has 0 spiro atoms. The van der Waals surface area contributed by atoms with Crippen molar-refractivity contribution in [2.24, 2.45) is 0 Å². The lowest BCUT2D eigenvalue weighted by Crippen LogP contribution is -2.33. The van der Waals surface area contributed by atoms with Crippen LogP contribution >= 0.6 is 0 Å². The largest absolute Gasteiger partial charge is 0.454 e. The fourth-order valence-electron chi connectivity index (χ4n) is 3.16. The predicted molar refractivity (Wildman–Crippen MR) is 90.1 cm³/mol. The quantitative estimate of drug-likeness (QED) is 0.891. The number of aliphatic hydroxyl groups is 1. The molecule has 1 unspecified atom stereocenters. The third kappa shape index (κ3) is 2.82. The first kappa shape index (κ1) is 15.0. The maximum Gasteiger partial charge on any atom is 0.231 e. The zero-order valence-corrected chi connectivity index (χ0v) is 13.5. The summed E-state index contributed by atoms with van der Waals surface area (Å²) in [6.07, 6.45) is 2.02. The van der Waals surface area contributed by atoms with E-state index in [0.29, 0.717) is 5.95 Å². The molecule has 1 saturated heterocycles. The molecule has 0 radical (unpaired) electrons. The summed E-state index contributed by atoms with van der Waals surface area (Å²) in [7, 11) is 0. The maximum absolute atomic E-state index is 9.52. The minimum absolute atomic E-state index is 0.102. The average molecular weight is 328 g/mol. The summed E-state index contributed by atoms with van der Waals surface area (Å²) in [5, 5.41) is 12.8. The number of benzene rings is 1. The molecule has 0 bridgehead atoms.